The van der Waals surface area contributed by atoms with E-state index in [0.717, 1.165) is 11.4 Å². The standard InChI is InChI=1S/C11H17N3O2/c1-6-5-7(2)13-11(12-6)14-9(4)8(3)10(15)16/h5,8-9H,1-4H3,(H,15,16)(H,12,13,14). The highest BCUT2D eigenvalue weighted by molar-refractivity contribution is 5.70. The fourth-order valence-corrected chi connectivity index (χ4v) is 1.33. The van der Waals surface area contributed by atoms with Gasteiger partial charge in [0.25, 0.3) is 0 Å². The van der Waals surface area contributed by atoms with Gasteiger partial charge in [-0.25, -0.2) is 9.97 Å². The van der Waals surface area contributed by atoms with Gasteiger partial charge in [0.1, 0.15) is 0 Å². The van der Waals surface area contributed by atoms with Crippen molar-refractivity contribution in [1.29, 1.82) is 0 Å². The number of rotatable bonds is 4. The number of aliphatic carboxylic acids is 1. The van der Waals surface area contributed by atoms with E-state index >= 15 is 0 Å². The Hall–Kier alpha value is -1.65. The van der Waals surface area contributed by atoms with Gasteiger partial charge in [-0.3, -0.25) is 4.79 Å². The van der Waals surface area contributed by atoms with Crippen LogP contribution in [0.1, 0.15) is 25.2 Å². The molecule has 5 nitrogen and oxygen atoms in total. The molecule has 88 valence electrons. The van der Waals surface area contributed by atoms with Crippen LogP contribution in [0.2, 0.25) is 0 Å². The van der Waals surface area contributed by atoms with Crippen molar-refractivity contribution in [2.24, 2.45) is 5.92 Å². The maximum atomic E-state index is 10.8. The molecule has 2 N–H and O–H groups in total. The molecule has 0 saturated heterocycles. The van der Waals surface area contributed by atoms with Gasteiger partial charge in [0.2, 0.25) is 5.95 Å². The largest absolute Gasteiger partial charge is 0.481 e. The van der Waals surface area contributed by atoms with Gasteiger partial charge in [-0.2, -0.15) is 0 Å². The Balaban J connectivity index is 2.76. The summed E-state index contributed by atoms with van der Waals surface area (Å²) in [5.74, 6) is -0.827. The number of aryl methyl sites for hydroxylation is 2. The number of nitrogens with zero attached hydrogens (tertiary/aromatic N) is 2. The zero-order valence-corrected chi connectivity index (χ0v) is 9.98. The molecule has 1 aromatic heterocycles. The SMILES string of the molecule is Cc1cc(C)nc(NC(C)C(C)C(=O)O)n1. The maximum absolute atomic E-state index is 10.8. The van der Waals surface area contributed by atoms with Crippen LogP contribution in [0, 0.1) is 19.8 Å². The van der Waals surface area contributed by atoms with Gasteiger partial charge in [-0.1, -0.05) is 0 Å². The van der Waals surface area contributed by atoms with E-state index in [0.29, 0.717) is 5.95 Å². The lowest BCUT2D eigenvalue weighted by atomic mass is 10.0. The van der Waals surface area contributed by atoms with Gasteiger partial charge < -0.3 is 10.4 Å². The lowest BCUT2D eigenvalue weighted by Gasteiger charge is -2.17. The van der Waals surface area contributed by atoms with Crippen LogP contribution in [0.3, 0.4) is 0 Å². The van der Waals surface area contributed by atoms with Crippen molar-refractivity contribution in [2.45, 2.75) is 33.7 Å². The number of aromatic nitrogens is 2. The Morgan fingerprint density at radius 2 is 1.81 bits per heavy atom. The summed E-state index contributed by atoms with van der Waals surface area (Å²) in [4.78, 5) is 19.2. The molecule has 0 bridgehead atoms. The van der Waals surface area contributed by atoms with Gasteiger partial charge >= 0.3 is 5.97 Å². The smallest absolute Gasteiger partial charge is 0.308 e. The molecule has 0 aromatic carbocycles. The molecule has 0 saturated carbocycles. The van der Waals surface area contributed by atoms with E-state index in [1.165, 1.54) is 0 Å². The van der Waals surface area contributed by atoms with Crippen LogP contribution in [0.5, 0.6) is 0 Å². The van der Waals surface area contributed by atoms with Crippen LogP contribution in [0.4, 0.5) is 5.95 Å². The first kappa shape index (κ1) is 12.4. The van der Waals surface area contributed by atoms with E-state index in [9.17, 15) is 4.79 Å². The molecule has 0 radical (unpaired) electrons. The Bertz CT molecular complexity index is 373. The van der Waals surface area contributed by atoms with Gasteiger partial charge in [-0.05, 0) is 33.8 Å². The lowest BCUT2D eigenvalue weighted by Crippen LogP contribution is -2.30. The third-order valence-electron chi connectivity index (χ3n) is 2.48. The number of carboxylic acid groups (broad SMARTS) is 1. The van der Waals surface area contributed by atoms with Gasteiger partial charge in [0.05, 0.1) is 5.92 Å². The van der Waals surface area contributed by atoms with Crippen LogP contribution < -0.4 is 5.32 Å². The minimum atomic E-state index is -0.829. The second-order valence-corrected chi connectivity index (χ2v) is 4.03. The number of hydrogen-bond donors (Lipinski definition) is 2. The van der Waals surface area contributed by atoms with E-state index in [-0.39, 0.29) is 6.04 Å². The Morgan fingerprint density at radius 3 is 2.25 bits per heavy atom. The fourth-order valence-electron chi connectivity index (χ4n) is 1.33. The van der Waals surface area contributed by atoms with Gasteiger partial charge in [-0.15, -0.1) is 0 Å². The third kappa shape index (κ3) is 3.18. The van der Waals surface area contributed by atoms with Crippen LogP contribution in [-0.2, 0) is 4.79 Å². The topological polar surface area (TPSA) is 75.1 Å². The molecular weight excluding hydrogens is 206 g/mol. The van der Waals surface area contributed by atoms with E-state index < -0.39 is 11.9 Å². The number of carboxylic acids is 1. The molecule has 0 aliphatic rings. The zero-order valence-electron chi connectivity index (χ0n) is 9.98. The summed E-state index contributed by atoms with van der Waals surface area (Å²) >= 11 is 0. The summed E-state index contributed by atoms with van der Waals surface area (Å²) < 4.78 is 0. The van der Waals surface area contributed by atoms with Crippen molar-refractivity contribution >= 4 is 11.9 Å². The molecule has 0 fully saturated rings. The molecule has 1 aromatic rings. The monoisotopic (exact) mass is 223 g/mol. The van der Waals surface area contributed by atoms with E-state index in [1.807, 2.05) is 19.9 Å². The molecule has 5 heteroatoms. The minimum Gasteiger partial charge on any atom is -0.481 e. The van der Waals surface area contributed by atoms with Crippen LogP contribution >= 0.6 is 0 Å². The molecular formula is C11H17N3O2. The summed E-state index contributed by atoms with van der Waals surface area (Å²) in [5, 5.41) is 11.9. The van der Waals surface area contributed by atoms with Crippen LogP contribution in [0.15, 0.2) is 6.07 Å². The third-order valence-corrected chi connectivity index (χ3v) is 2.48. The normalized spacial score (nSPS) is 14.2. The number of carbonyl (C=O) groups is 1. The predicted molar refractivity (Wildman–Crippen MR) is 61.4 cm³/mol. The van der Waals surface area contributed by atoms with Crippen molar-refractivity contribution in [3.05, 3.63) is 17.5 Å². The molecule has 16 heavy (non-hydrogen) atoms. The second-order valence-electron chi connectivity index (χ2n) is 4.03. The summed E-state index contributed by atoms with van der Waals surface area (Å²) in [6.45, 7) is 7.22. The van der Waals surface area contributed by atoms with Gasteiger partial charge in [0.15, 0.2) is 0 Å². The van der Waals surface area contributed by atoms with Crippen molar-refractivity contribution in [1.82, 2.24) is 9.97 Å². The van der Waals surface area contributed by atoms with Gasteiger partial charge in [0, 0.05) is 17.4 Å². The van der Waals surface area contributed by atoms with Crippen molar-refractivity contribution in [3.8, 4) is 0 Å². The average Bonchev–Trinajstić information content (AvgIpc) is 2.14. The first-order valence-electron chi connectivity index (χ1n) is 5.21. The molecule has 2 unspecified atom stereocenters. The second kappa shape index (κ2) is 4.92. The van der Waals surface area contributed by atoms with Crippen molar-refractivity contribution < 1.29 is 9.90 Å². The molecule has 0 spiro atoms. The first-order valence-corrected chi connectivity index (χ1v) is 5.21. The maximum Gasteiger partial charge on any atom is 0.308 e. The Morgan fingerprint density at radius 1 is 1.31 bits per heavy atom. The lowest BCUT2D eigenvalue weighted by molar-refractivity contribution is -0.141. The van der Waals surface area contributed by atoms with E-state index in [4.69, 9.17) is 5.11 Å². The molecule has 1 heterocycles. The predicted octanol–water partition coefficient (Wildman–Crippen LogP) is 1.61. The highest BCUT2D eigenvalue weighted by atomic mass is 16.4. The summed E-state index contributed by atoms with van der Waals surface area (Å²) in [5.41, 5.74) is 1.73. The molecule has 2 atom stereocenters. The molecule has 0 aliphatic carbocycles. The minimum absolute atomic E-state index is 0.210. The fraction of sp³-hybridized carbons (Fsp3) is 0.545. The summed E-state index contributed by atoms with van der Waals surface area (Å²) in [6, 6.07) is 1.66. The first-order chi connectivity index (χ1) is 7.40. The molecule has 1 rings (SSSR count). The van der Waals surface area contributed by atoms with Crippen LogP contribution in [-0.4, -0.2) is 27.1 Å². The number of anilines is 1. The van der Waals surface area contributed by atoms with Crippen molar-refractivity contribution in [2.75, 3.05) is 5.32 Å². The summed E-state index contributed by atoms with van der Waals surface area (Å²) in [6.07, 6.45) is 0. The highest BCUT2D eigenvalue weighted by Crippen LogP contribution is 2.10. The average molecular weight is 223 g/mol. The highest BCUT2D eigenvalue weighted by Gasteiger charge is 2.19. The van der Waals surface area contributed by atoms with Crippen molar-refractivity contribution in [3.63, 3.8) is 0 Å². The Kier molecular flexibility index (Phi) is 3.82. The zero-order chi connectivity index (χ0) is 12.3. The Labute approximate surface area is 94.9 Å². The molecule has 0 aliphatic heterocycles. The van der Waals surface area contributed by atoms with E-state index in [2.05, 4.69) is 15.3 Å². The van der Waals surface area contributed by atoms with E-state index in [1.54, 1.807) is 13.8 Å². The molecule has 0 amide bonds. The number of hydrogen-bond acceptors (Lipinski definition) is 4. The number of nitrogens with one attached hydrogen (secondary N) is 1. The van der Waals surface area contributed by atoms with Crippen LogP contribution in [0.25, 0.3) is 0 Å². The quantitative estimate of drug-likeness (QED) is 0.811. The summed E-state index contributed by atoms with van der Waals surface area (Å²) in [7, 11) is 0.